The summed E-state index contributed by atoms with van der Waals surface area (Å²) in [6, 6.07) is 26.0. The number of ether oxygens (including phenoxy) is 1. The van der Waals surface area contributed by atoms with Crippen molar-refractivity contribution in [2.45, 2.75) is 57.8 Å². The Balaban J connectivity index is 1.08. The highest BCUT2D eigenvalue weighted by atomic mass is 16.5. The van der Waals surface area contributed by atoms with Gasteiger partial charge in [0, 0.05) is 61.6 Å². The standard InChI is InChI=1S/C44H48N8O2/c1-32-12-9-15-34-16-10-19-39(41(32)34)50-25-21-37-38(30-50)46-44(54-31-36-17-11-23-48(36)2)47-42(37)51-26-27-52(35(29-51)20-22-45)43(53)40-18-7-4-8-24-49(40)28-33-13-5-3-6-14-33/h3-10,12-16,18-19,24,35-36H,11,17,20-21,23,25-31H2,1-2H3/t35-,36-/m0/s1. The topological polar surface area (TPSA) is 92.1 Å². The Morgan fingerprint density at radius 2 is 1.78 bits per heavy atom. The molecule has 3 aromatic carbocycles. The molecular formula is C44H48N8O2. The van der Waals surface area contributed by atoms with Gasteiger partial charge in [0.15, 0.2) is 0 Å². The summed E-state index contributed by atoms with van der Waals surface area (Å²) in [6.45, 7) is 7.39. The molecule has 1 amide bonds. The van der Waals surface area contributed by atoms with Gasteiger partial charge in [-0.1, -0.05) is 72.8 Å². The van der Waals surface area contributed by atoms with E-state index in [0.29, 0.717) is 57.1 Å². The van der Waals surface area contributed by atoms with E-state index in [2.05, 4.69) is 83.3 Å². The molecule has 10 heteroatoms. The van der Waals surface area contributed by atoms with Crippen molar-refractivity contribution in [3.8, 4) is 12.1 Å². The van der Waals surface area contributed by atoms with Gasteiger partial charge in [-0.2, -0.15) is 15.2 Å². The Kier molecular flexibility index (Phi) is 10.3. The monoisotopic (exact) mass is 720 g/mol. The van der Waals surface area contributed by atoms with Gasteiger partial charge in [0.05, 0.1) is 30.8 Å². The molecule has 54 heavy (non-hydrogen) atoms. The average molecular weight is 721 g/mol. The van der Waals surface area contributed by atoms with Crippen molar-refractivity contribution >= 4 is 28.2 Å². The highest BCUT2D eigenvalue weighted by molar-refractivity contribution is 5.97. The zero-order valence-electron chi connectivity index (χ0n) is 31.3. The highest BCUT2D eigenvalue weighted by Gasteiger charge is 2.36. The first-order chi connectivity index (χ1) is 26.5. The fraction of sp³-hybridized carbons (Fsp3) is 0.364. The maximum Gasteiger partial charge on any atom is 0.318 e. The average Bonchev–Trinajstić information content (AvgIpc) is 3.47. The third-order valence-electron chi connectivity index (χ3n) is 11.4. The van der Waals surface area contributed by atoms with Gasteiger partial charge in [-0.05, 0) is 74.5 Å². The Labute approximate surface area is 318 Å². The van der Waals surface area contributed by atoms with E-state index < -0.39 is 0 Å². The van der Waals surface area contributed by atoms with E-state index in [0.717, 1.165) is 55.0 Å². The van der Waals surface area contributed by atoms with Crippen LogP contribution in [0.5, 0.6) is 6.01 Å². The van der Waals surface area contributed by atoms with Crippen molar-refractivity contribution < 1.29 is 9.53 Å². The van der Waals surface area contributed by atoms with Crippen molar-refractivity contribution in [3.63, 3.8) is 0 Å². The predicted molar refractivity (Wildman–Crippen MR) is 213 cm³/mol. The van der Waals surface area contributed by atoms with Gasteiger partial charge in [-0.25, -0.2) is 0 Å². The Morgan fingerprint density at radius 3 is 2.59 bits per heavy atom. The summed E-state index contributed by atoms with van der Waals surface area (Å²) in [7, 11) is 2.15. The number of allylic oxidation sites excluding steroid dienone is 4. The Hall–Kier alpha value is -5.66. The minimum Gasteiger partial charge on any atom is -0.462 e. The van der Waals surface area contributed by atoms with Gasteiger partial charge in [0.25, 0.3) is 5.91 Å². The Bertz CT molecular complexity index is 2130. The van der Waals surface area contributed by atoms with Crippen LogP contribution in [0, 0.1) is 18.3 Å². The van der Waals surface area contributed by atoms with Crippen LogP contribution in [0.2, 0.25) is 0 Å². The van der Waals surface area contributed by atoms with Crippen molar-refractivity contribution in [1.82, 2.24) is 24.7 Å². The van der Waals surface area contributed by atoms with Gasteiger partial charge >= 0.3 is 6.01 Å². The second-order valence-corrected chi connectivity index (χ2v) is 14.8. The van der Waals surface area contributed by atoms with Crippen LogP contribution >= 0.6 is 0 Å². The molecule has 2 atom stereocenters. The molecule has 1 aromatic heterocycles. The van der Waals surface area contributed by atoms with Crippen LogP contribution in [0.4, 0.5) is 11.5 Å². The number of hydrogen-bond donors (Lipinski definition) is 0. The number of likely N-dealkylation sites (N-methyl/N-ethyl adjacent to an activating group) is 1. The zero-order valence-corrected chi connectivity index (χ0v) is 31.3. The third-order valence-corrected chi connectivity index (χ3v) is 11.4. The molecule has 2 saturated heterocycles. The minimum atomic E-state index is -0.312. The SMILES string of the molecule is Cc1cccc2cccc(N3CCc4c(nc(OC[C@@H]5CCCN5C)nc4N4CCN(C(=O)C5=CC=CC=CN5Cc5ccccc5)[C@@H](CC#N)C4)C3)c12. The number of rotatable bonds is 9. The van der Waals surface area contributed by atoms with E-state index in [1.54, 1.807) is 0 Å². The third kappa shape index (κ3) is 7.29. The largest absolute Gasteiger partial charge is 0.462 e. The van der Waals surface area contributed by atoms with Gasteiger partial charge in [-0.3, -0.25) is 4.79 Å². The van der Waals surface area contributed by atoms with Gasteiger partial charge < -0.3 is 29.2 Å². The van der Waals surface area contributed by atoms with Crippen molar-refractivity contribution in [2.24, 2.45) is 0 Å². The van der Waals surface area contributed by atoms with Crippen LogP contribution in [0.15, 0.2) is 103 Å². The van der Waals surface area contributed by atoms with E-state index in [-0.39, 0.29) is 18.4 Å². The molecule has 0 unspecified atom stereocenters. The number of fused-ring (bicyclic) bond motifs is 2. The number of hydrogen-bond acceptors (Lipinski definition) is 9. The molecule has 276 valence electrons. The van der Waals surface area contributed by atoms with Crippen LogP contribution in [0.25, 0.3) is 10.8 Å². The molecule has 4 aliphatic heterocycles. The number of aryl methyl sites for hydroxylation is 1. The molecular weight excluding hydrogens is 673 g/mol. The summed E-state index contributed by atoms with van der Waals surface area (Å²) in [4.78, 5) is 35.6. The van der Waals surface area contributed by atoms with Crippen molar-refractivity contribution in [1.29, 1.82) is 5.26 Å². The molecule has 0 N–H and O–H groups in total. The lowest BCUT2D eigenvalue weighted by Crippen LogP contribution is -2.56. The molecule has 4 aromatic rings. The summed E-state index contributed by atoms with van der Waals surface area (Å²) in [5.41, 5.74) is 6.28. The van der Waals surface area contributed by atoms with Gasteiger partial charge in [0.1, 0.15) is 18.1 Å². The lowest BCUT2D eigenvalue weighted by molar-refractivity contribution is -0.131. The molecule has 0 saturated carbocycles. The molecule has 0 aliphatic carbocycles. The first-order valence-corrected chi connectivity index (χ1v) is 19.2. The number of carbonyl (C=O) groups is 1. The molecule has 10 nitrogen and oxygen atoms in total. The molecule has 0 spiro atoms. The fourth-order valence-electron chi connectivity index (χ4n) is 8.44. The molecule has 0 bridgehead atoms. The van der Waals surface area contributed by atoms with Crippen LogP contribution in [-0.4, -0.2) is 89.0 Å². The smallest absolute Gasteiger partial charge is 0.318 e. The number of carbonyl (C=O) groups excluding carboxylic acids is 1. The number of amides is 1. The summed E-state index contributed by atoms with van der Waals surface area (Å²) in [5.74, 6) is 0.793. The minimum absolute atomic E-state index is 0.0718. The quantitative estimate of drug-likeness (QED) is 0.196. The summed E-state index contributed by atoms with van der Waals surface area (Å²) < 4.78 is 6.42. The summed E-state index contributed by atoms with van der Waals surface area (Å²) in [6.07, 6.45) is 12.9. The second kappa shape index (κ2) is 15.7. The van der Waals surface area contributed by atoms with E-state index in [9.17, 15) is 10.1 Å². The number of anilines is 2. The molecule has 8 rings (SSSR count). The van der Waals surface area contributed by atoms with Crippen molar-refractivity contribution in [3.05, 3.63) is 125 Å². The van der Waals surface area contributed by atoms with Crippen LogP contribution in [-0.2, 0) is 24.3 Å². The van der Waals surface area contributed by atoms with E-state index >= 15 is 0 Å². The number of benzene rings is 3. The molecule has 2 fully saturated rings. The van der Waals surface area contributed by atoms with E-state index in [1.807, 2.05) is 58.5 Å². The van der Waals surface area contributed by atoms with Crippen LogP contribution in [0.3, 0.4) is 0 Å². The summed E-state index contributed by atoms with van der Waals surface area (Å²) >= 11 is 0. The number of likely N-dealkylation sites (tertiary alicyclic amines) is 1. The summed E-state index contributed by atoms with van der Waals surface area (Å²) in [5, 5.41) is 12.5. The molecule has 5 heterocycles. The predicted octanol–water partition coefficient (Wildman–Crippen LogP) is 6.37. The van der Waals surface area contributed by atoms with Gasteiger partial charge in [0.2, 0.25) is 0 Å². The molecule has 4 aliphatic rings. The maximum atomic E-state index is 14.4. The number of nitriles is 1. The van der Waals surface area contributed by atoms with Crippen LogP contribution < -0.4 is 14.5 Å². The van der Waals surface area contributed by atoms with E-state index in [4.69, 9.17) is 14.7 Å². The van der Waals surface area contributed by atoms with Crippen molar-refractivity contribution in [2.75, 3.05) is 56.2 Å². The first-order valence-electron chi connectivity index (χ1n) is 19.2. The first kappa shape index (κ1) is 35.4. The fourth-order valence-corrected chi connectivity index (χ4v) is 8.44. The number of piperazine rings is 1. The number of nitrogens with zero attached hydrogens (tertiary/aromatic N) is 8. The lowest BCUT2D eigenvalue weighted by atomic mass is 9.99. The Morgan fingerprint density at radius 1 is 0.926 bits per heavy atom. The number of aromatic nitrogens is 2. The van der Waals surface area contributed by atoms with Crippen LogP contribution in [0.1, 0.15) is 41.6 Å². The highest BCUT2D eigenvalue weighted by Crippen LogP contribution is 2.36. The molecule has 0 radical (unpaired) electrons. The van der Waals surface area contributed by atoms with E-state index in [1.165, 1.54) is 22.0 Å². The maximum absolute atomic E-state index is 14.4. The second-order valence-electron chi connectivity index (χ2n) is 14.8. The van der Waals surface area contributed by atoms with Gasteiger partial charge in [-0.15, -0.1) is 0 Å². The lowest BCUT2D eigenvalue weighted by Gasteiger charge is -2.43. The normalized spacial score (nSPS) is 20.1. The zero-order chi connectivity index (χ0) is 37.0.